The molecule has 0 radical (unpaired) electrons. The lowest BCUT2D eigenvalue weighted by Gasteiger charge is -2.31. The lowest BCUT2D eigenvalue weighted by atomic mass is 9.97. The number of anilines is 1. The fourth-order valence-electron chi connectivity index (χ4n) is 3.24. The first-order valence-corrected chi connectivity index (χ1v) is 9.69. The molecule has 0 N–H and O–H groups in total. The summed E-state index contributed by atoms with van der Waals surface area (Å²) in [7, 11) is 0. The molecule has 136 valence electrons. The molecule has 1 fully saturated rings. The normalized spacial score (nSPS) is 15.5. The third kappa shape index (κ3) is 3.41. The molecule has 0 bridgehead atoms. The first-order valence-electron chi connectivity index (χ1n) is 8.87. The van der Waals surface area contributed by atoms with E-state index in [1.165, 1.54) is 4.88 Å². The van der Waals surface area contributed by atoms with Crippen molar-refractivity contribution in [1.29, 1.82) is 0 Å². The van der Waals surface area contributed by atoms with Gasteiger partial charge in [0.2, 0.25) is 0 Å². The molecule has 0 amide bonds. The molecule has 0 atom stereocenters. The summed E-state index contributed by atoms with van der Waals surface area (Å²) in [5.74, 6) is 1.12. The van der Waals surface area contributed by atoms with E-state index in [4.69, 9.17) is 0 Å². The average molecular weight is 370 g/mol. The Morgan fingerprint density at radius 2 is 2.04 bits per heavy atom. The van der Waals surface area contributed by atoms with Gasteiger partial charge in [0.05, 0.1) is 5.69 Å². The SMILES string of the molecule is Cc1nc(N2CCC(Cn3nc(-n4cccn4)ccc3=O)CC2)sc1C. The first kappa shape index (κ1) is 17.0. The Bertz CT molecular complexity index is 917. The van der Waals surface area contributed by atoms with Gasteiger partial charge in [0.15, 0.2) is 10.9 Å². The summed E-state index contributed by atoms with van der Waals surface area (Å²) < 4.78 is 3.25. The summed E-state index contributed by atoms with van der Waals surface area (Å²) in [5.41, 5.74) is 1.06. The third-order valence-corrected chi connectivity index (χ3v) is 6.06. The maximum absolute atomic E-state index is 12.2. The van der Waals surface area contributed by atoms with Gasteiger partial charge < -0.3 is 4.90 Å². The summed E-state index contributed by atoms with van der Waals surface area (Å²) in [6.07, 6.45) is 5.61. The molecule has 8 heteroatoms. The average Bonchev–Trinajstić information content (AvgIpc) is 3.28. The Kier molecular flexibility index (Phi) is 4.58. The molecule has 7 nitrogen and oxygen atoms in total. The molecule has 0 aliphatic carbocycles. The van der Waals surface area contributed by atoms with Gasteiger partial charge in [-0.1, -0.05) is 0 Å². The first-order chi connectivity index (χ1) is 12.6. The minimum Gasteiger partial charge on any atom is -0.348 e. The summed E-state index contributed by atoms with van der Waals surface area (Å²) in [6.45, 7) is 6.79. The van der Waals surface area contributed by atoms with Crippen LogP contribution in [0, 0.1) is 19.8 Å². The molecule has 3 aromatic heterocycles. The molecular formula is C18H22N6OS. The topological polar surface area (TPSA) is 68.8 Å². The zero-order valence-corrected chi connectivity index (χ0v) is 15.8. The Morgan fingerprint density at radius 1 is 1.23 bits per heavy atom. The van der Waals surface area contributed by atoms with Gasteiger partial charge in [-0.15, -0.1) is 16.4 Å². The lowest BCUT2D eigenvalue weighted by Crippen LogP contribution is -2.37. The van der Waals surface area contributed by atoms with Gasteiger partial charge in [-0.25, -0.2) is 14.3 Å². The second kappa shape index (κ2) is 7.03. The van der Waals surface area contributed by atoms with E-state index in [1.54, 1.807) is 39.0 Å². The molecular weight excluding hydrogens is 348 g/mol. The van der Waals surface area contributed by atoms with Gasteiger partial charge in [-0.05, 0) is 44.7 Å². The van der Waals surface area contributed by atoms with Crippen molar-refractivity contribution in [3.05, 3.63) is 51.5 Å². The zero-order chi connectivity index (χ0) is 18.1. The minimum absolute atomic E-state index is 0.0606. The van der Waals surface area contributed by atoms with Crippen LogP contribution in [0.2, 0.25) is 0 Å². The number of aromatic nitrogens is 5. The van der Waals surface area contributed by atoms with Crippen LogP contribution in [-0.2, 0) is 6.54 Å². The monoisotopic (exact) mass is 370 g/mol. The zero-order valence-electron chi connectivity index (χ0n) is 15.0. The molecule has 0 aromatic carbocycles. The van der Waals surface area contributed by atoms with Crippen LogP contribution in [0.15, 0.2) is 35.4 Å². The predicted octanol–water partition coefficient (Wildman–Crippen LogP) is 2.42. The van der Waals surface area contributed by atoms with Crippen LogP contribution in [0.1, 0.15) is 23.4 Å². The van der Waals surface area contributed by atoms with Crippen molar-refractivity contribution in [2.24, 2.45) is 5.92 Å². The highest BCUT2D eigenvalue weighted by molar-refractivity contribution is 7.15. The van der Waals surface area contributed by atoms with Gasteiger partial charge in [0.25, 0.3) is 5.56 Å². The van der Waals surface area contributed by atoms with Crippen LogP contribution in [-0.4, -0.2) is 37.6 Å². The molecule has 1 aliphatic rings. The number of hydrogen-bond acceptors (Lipinski definition) is 6. The molecule has 1 saturated heterocycles. The van der Waals surface area contributed by atoms with E-state index in [2.05, 4.69) is 33.9 Å². The summed E-state index contributed by atoms with van der Waals surface area (Å²) in [6, 6.07) is 5.12. The highest BCUT2D eigenvalue weighted by atomic mass is 32.1. The highest BCUT2D eigenvalue weighted by Gasteiger charge is 2.22. The predicted molar refractivity (Wildman–Crippen MR) is 102 cm³/mol. The largest absolute Gasteiger partial charge is 0.348 e. The van der Waals surface area contributed by atoms with Crippen molar-refractivity contribution in [2.45, 2.75) is 33.2 Å². The highest BCUT2D eigenvalue weighted by Crippen LogP contribution is 2.29. The number of nitrogens with zero attached hydrogens (tertiary/aromatic N) is 6. The molecule has 4 rings (SSSR count). The van der Waals surface area contributed by atoms with E-state index in [-0.39, 0.29) is 5.56 Å². The smallest absolute Gasteiger partial charge is 0.266 e. The Labute approximate surface area is 155 Å². The molecule has 0 unspecified atom stereocenters. The van der Waals surface area contributed by atoms with E-state index >= 15 is 0 Å². The Morgan fingerprint density at radius 3 is 2.69 bits per heavy atom. The van der Waals surface area contributed by atoms with Gasteiger partial charge in [-0.2, -0.15) is 5.10 Å². The maximum atomic E-state index is 12.2. The number of rotatable bonds is 4. The number of aryl methyl sites for hydroxylation is 2. The molecule has 0 spiro atoms. The summed E-state index contributed by atoms with van der Waals surface area (Å²) in [5, 5.41) is 9.78. The summed E-state index contributed by atoms with van der Waals surface area (Å²) in [4.78, 5) is 20.5. The van der Waals surface area contributed by atoms with Gasteiger partial charge in [0.1, 0.15) is 0 Å². The lowest BCUT2D eigenvalue weighted by molar-refractivity contribution is 0.334. The van der Waals surface area contributed by atoms with Crippen LogP contribution in [0.25, 0.3) is 5.82 Å². The van der Waals surface area contributed by atoms with Crippen molar-refractivity contribution in [1.82, 2.24) is 24.5 Å². The van der Waals surface area contributed by atoms with Gasteiger partial charge in [-0.3, -0.25) is 4.79 Å². The Balaban J connectivity index is 1.43. The second-order valence-electron chi connectivity index (χ2n) is 6.73. The maximum Gasteiger partial charge on any atom is 0.266 e. The number of hydrogen-bond donors (Lipinski definition) is 0. The van der Waals surface area contributed by atoms with Crippen molar-refractivity contribution in [3.8, 4) is 5.82 Å². The molecule has 4 heterocycles. The standard InChI is InChI=1S/C18H22N6OS/c1-13-14(2)26-18(20-13)22-10-6-15(7-11-22)12-24-17(25)5-4-16(21-24)23-9-3-8-19-23/h3-5,8-9,15H,6-7,10-12H2,1-2H3. The Hall–Kier alpha value is -2.48. The number of piperidine rings is 1. The van der Waals surface area contributed by atoms with E-state index in [0.29, 0.717) is 18.3 Å². The van der Waals surface area contributed by atoms with E-state index in [0.717, 1.165) is 36.8 Å². The van der Waals surface area contributed by atoms with Crippen molar-refractivity contribution in [3.63, 3.8) is 0 Å². The van der Waals surface area contributed by atoms with Gasteiger partial charge >= 0.3 is 0 Å². The molecule has 26 heavy (non-hydrogen) atoms. The van der Waals surface area contributed by atoms with E-state index in [9.17, 15) is 4.79 Å². The minimum atomic E-state index is -0.0606. The van der Waals surface area contributed by atoms with Crippen LogP contribution in [0.5, 0.6) is 0 Å². The van der Waals surface area contributed by atoms with E-state index < -0.39 is 0 Å². The van der Waals surface area contributed by atoms with Crippen molar-refractivity contribution < 1.29 is 0 Å². The fourth-order valence-corrected chi connectivity index (χ4v) is 4.20. The number of thiazole rings is 1. The fraction of sp³-hybridized carbons (Fsp3) is 0.444. The quantitative estimate of drug-likeness (QED) is 0.705. The van der Waals surface area contributed by atoms with Crippen LogP contribution in [0.3, 0.4) is 0 Å². The van der Waals surface area contributed by atoms with Gasteiger partial charge in [0, 0.05) is 43.0 Å². The van der Waals surface area contributed by atoms with Crippen LogP contribution >= 0.6 is 11.3 Å². The van der Waals surface area contributed by atoms with Crippen molar-refractivity contribution >= 4 is 16.5 Å². The summed E-state index contributed by atoms with van der Waals surface area (Å²) >= 11 is 1.77. The van der Waals surface area contributed by atoms with Crippen LogP contribution in [0.4, 0.5) is 5.13 Å². The second-order valence-corrected chi connectivity index (χ2v) is 7.91. The van der Waals surface area contributed by atoms with E-state index in [1.807, 2.05) is 12.3 Å². The third-order valence-electron chi connectivity index (χ3n) is 4.93. The van der Waals surface area contributed by atoms with Crippen molar-refractivity contribution in [2.75, 3.05) is 18.0 Å². The molecule has 1 aliphatic heterocycles. The van der Waals surface area contributed by atoms with Crippen LogP contribution < -0.4 is 10.5 Å². The molecule has 3 aromatic rings. The molecule has 0 saturated carbocycles.